The van der Waals surface area contributed by atoms with Crippen LogP contribution < -0.4 is 0 Å². The maximum Gasteiger partial charge on any atom is 0.446 e. The van der Waals surface area contributed by atoms with Gasteiger partial charge in [0.05, 0.1) is 11.2 Å². The number of benzene rings is 2. The standard InChI is InChI=1S/C18H13F3NS/c1-11-12(2)17(13-6-4-3-5-7-13)22-16-9-8-14(10-15(11)16)23-18(19,20)21/h3-10H,1H2,2H3. The molecule has 23 heavy (non-hydrogen) atoms. The molecule has 0 atom stereocenters. The number of halogens is 3. The summed E-state index contributed by atoms with van der Waals surface area (Å²) in [7, 11) is 0. The zero-order chi connectivity index (χ0) is 16.6. The van der Waals surface area contributed by atoms with E-state index in [0.29, 0.717) is 16.5 Å². The zero-order valence-electron chi connectivity index (χ0n) is 12.3. The highest BCUT2D eigenvalue weighted by atomic mass is 32.2. The molecule has 0 aliphatic carbocycles. The van der Waals surface area contributed by atoms with Crippen molar-refractivity contribution in [2.75, 3.05) is 0 Å². The predicted octanol–water partition coefficient (Wildman–Crippen LogP) is 6.00. The summed E-state index contributed by atoms with van der Waals surface area (Å²) in [5, 5.41) is 0.649. The van der Waals surface area contributed by atoms with Crippen LogP contribution >= 0.6 is 11.8 Å². The summed E-state index contributed by atoms with van der Waals surface area (Å²) in [6.45, 7) is 5.93. The number of thioether (sulfide) groups is 1. The number of aromatic nitrogens is 1. The second kappa shape index (κ2) is 5.89. The smallest absolute Gasteiger partial charge is 0.247 e. The highest BCUT2D eigenvalue weighted by Crippen LogP contribution is 2.39. The monoisotopic (exact) mass is 332 g/mol. The molecule has 0 spiro atoms. The van der Waals surface area contributed by atoms with Crippen LogP contribution in [0.1, 0.15) is 11.1 Å². The van der Waals surface area contributed by atoms with Gasteiger partial charge >= 0.3 is 5.51 Å². The second-order valence-electron chi connectivity index (χ2n) is 5.16. The molecular formula is C18H13F3NS. The quantitative estimate of drug-likeness (QED) is 0.533. The third-order valence-electron chi connectivity index (χ3n) is 3.61. The third-order valence-corrected chi connectivity index (χ3v) is 4.34. The van der Waals surface area contributed by atoms with E-state index in [1.54, 1.807) is 6.07 Å². The van der Waals surface area contributed by atoms with Crippen molar-refractivity contribution in [1.29, 1.82) is 0 Å². The fourth-order valence-electron chi connectivity index (χ4n) is 2.48. The number of hydrogen-bond donors (Lipinski definition) is 0. The van der Waals surface area contributed by atoms with E-state index < -0.39 is 5.51 Å². The lowest BCUT2D eigenvalue weighted by Gasteiger charge is -2.13. The molecule has 0 aliphatic heterocycles. The Labute approximate surface area is 136 Å². The Bertz CT molecular complexity index is 858. The van der Waals surface area contributed by atoms with Gasteiger partial charge in [-0.05, 0) is 54.9 Å². The lowest BCUT2D eigenvalue weighted by Crippen LogP contribution is -1.99. The molecule has 1 aromatic heterocycles. The topological polar surface area (TPSA) is 12.9 Å². The molecule has 1 heterocycles. The fraction of sp³-hybridized carbons (Fsp3) is 0.111. The fourth-order valence-corrected chi connectivity index (χ4v) is 3.06. The maximum absolute atomic E-state index is 12.5. The first kappa shape index (κ1) is 15.9. The molecular weight excluding hydrogens is 319 g/mol. The van der Waals surface area contributed by atoms with E-state index >= 15 is 0 Å². The van der Waals surface area contributed by atoms with E-state index in [4.69, 9.17) is 0 Å². The van der Waals surface area contributed by atoms with Crippen molar-refractivity contribution in [2.24, 2.45) is 0 Å². The normalized spacial score (nSPS) is 11.9. The summed E-state index contributed by atoms with van der Waals surface area (Å²) in [4.78, 5) is 4.76. The molecule has 117 valence electrons. The molecule has 1 nitrogen and oxygen atoms in total. The van der Waals surface area contributed by atoms with Crippen molar-refractivity contribution in [2.45, 2.75) is 17.3 Å². The molecule has 0 aliphatic rings. The SMILES string of the molecule is [CH2]c1c(C)c(-c2ccccc2)nc2ccc(SC(F)(F)F)cc12. The first-order chi connectivity index (χ1) is 10.8. The highest BCUT2D eigenvalue weighted by Gasteiger charge is 2.29. The molecule has 0 saturated carbocycles. The molecule has 0 saturated heterocycles. The van der Waals surface area contributed by atoms with Gasteiger partial charge in [-0.2, -0.15) is 13.2 Å². The summed E-state index contributed by atoms with van der Waals surface area (Å²) in [6.07, 6.45) is 0. The Kier molecular flexibility index (Phi) is 4.06. The van der Waals surface area contributed by atoms with Gasteiger partial charge in [-0.3, -0.25) is 0 Å². The van der Waals surface area contributed by atoms with Crippen molar-refractivity contribution in [3.63, 3.8) is 0 Å². The van der Waals surface area contributed by atoms with Gasteiger partial charge in [-0.1, -0.05) is 30.3 Å². The van der Waals surface area contributed by atoms with Crippen LogP contribution in [-0.2, 0) is 0 Å². The summed E-state index contributed by atoms with van der Waals surface area (Å²) in [5.74, 6) is 0. The van der Waals surface area contributed by atoms with Gasteiger partial charge in [0, 0.05) is 15.8 Å². The predicted molar refractivity (Wildman–Crippen MR) is 88.3 cm³/mol. The second-order valence-corrected chi connectivity index (χ2v) is 6.30. The van der Waals surface area contributed by atoms with Crippen LogP contribution in [0.3, 0.4) is 0 Å². The van der Waals surface area contributed by atoms with Crippen LogP contribution in [0.25, 0.3) is 22.2 Å². The minimum Gasteiger partial charge on any atom is -0.247 e. The van der Waals surface area contributed by atoms with Crippen LogP contribution in [0.2, 0.25) is 0 Å². The lowest BCUT2D eigenvalue weighted by molar-refractivity contribution is -0.0328. The molecule has 5 heteroatoms. The summed E-state index contributed by atoms with van der Waals surface area (Å²) < 4.78 is 37.6. The first-order valence-corrected chi connectivity index (χ1v) is 7.74. The van der Waals surface area contributed by atoms with Gasteiger partial charge in [-0.25, -0.2) is 4.98 Å². The molecule has 3 rings (SSSR count). The van der Waals surface area contributed by atoms with Gasteiger partial charge in [0.2, 0.25) is 0 Å². The van der Waals surface area contributed by atoms with Gasteiger partial charge in [-0.15, -0.1) is 0 Å². The molecule has 0 amide bonds. The molecule has 0 fully saturated rings. The van der Waals surface area contributed by atoms with Gasteiger partial charge in [0.1, 0.15) is 0 Å². The Morgan fingerprint density at radius 1 is 1.04 bits per heavy atom. The van der Waals surface area contributed by atoms with E-state index in [9.17, 15) is 13.2 Å². The van der Waals surface area contributed by atoms with Crippen molar-refractivity contribution in [1.82, 2.24) is 4.98 Å². The lowest BCUT2D eigenvalue weighted by atomic mass is 9.99. The average Bonchev–Trinajstić information content (AvgIpc) is 2.50. The Morgan fingerprint density at radius 3 is 2.39 bits per heavy atom. The molecule has 0 bridgehead atoms. The van der Waals surface area contributed by atoms with Crippen molar-refractivity contribution in [3.05, 3.63) is 66.6 Å². The Balaban J connectivity index is 2.15. The number of hydrogen-bond acceptors (Lipinski definition) is 2. The third kappa shape index (κ3) is 3.34. The van der Waals surface area contributed by atoms with Crippen LogP contribution in [-0.4, -0.2) is 10.5 Å². The number of fused-ring (bicyclic) bond motifs is 1. The number of alkyl halides is 3. The molecule has 3 aromatic rings. The summed E-state index contributed by atoms with van der Waals surface area (Å²) >= 11 is -0.125. The highest BCUT2D eigenvalue weighted by molar-refractivity contribution is 8.00. The summed E-state index contributed by atoms with van der Waals surface area (Å²) in [5.41, 5.74) is -0.311. The van der Waals surface area contributed by atoms with E-state index in [1.807, 2.05) is 37.3 Å². The first-order valence-electron chi connectivity index (χ1n) is 6.92. The van der Waals surface area contributed by atoms with Crippen LogP contribution in [0.4, 0.5) is 13.2 Å². The van der Waals surface area contributed by atoms with Crippen LogP contribution in [0, 0.1) is 13.8 Å². The summed E-state index contributed by atoms with van der Waals surface area (Å²) in [6, 6.07) is 14.2. The van der Waals surface area contributed by atoms with Gasteiger partial charge in [0.25, 0.3) is 0 Å². The Hall–Kier alpha value is -2.01. The molecule has 0 N–H and O–H groups in total. The number of pyridine rings is 1. The molecule has 1 radical (unpaired) electrons. The number of nitrogens with zero attached hydrogens (tertiary/aromatic N) is 1. The maximum atomic E-state index is 12.5. The van der Waals surface area contributed by atoms with Crippen LogP contribution in [0.5, 0.6) is 0 Å². The largest absolute Gasteiger partial charge is 0.446 e. The zero-order valence-corrected chi connectivity index (χ0v) is 13.1. The van der Waals surface area contributed by atoms with E-state index in [2.05, 4.69) is 11.9 Å². The van der Waals surface area contributed by atoms with Gasteiger partial charge in [0.15, 0.2) is 0 Å². The number of rotatable bonds is 2. The van der Waals surface area contributed by atoms with Crippen LogP contribution in [0.15, 0.2) is 53.4 Å². The van der Waals surface area contributed by atoms with Crippen molar-refractivity contribution >= 4 is 22.7 Å². The van der Waals surface area contributed by atoms with E-state index in [0.717, 1.165) is 16.8 Å². The van der Waals surface area contributed by atoms with E-state index in [1.165, 1.54) is 12.1 Å². The minimum atomic E-state index is -4.30. The van der Waals surface area contributed by atoms with Gasteiger partial charge < -0.3 is 0 Å². The minimum absolute atomic E-state index is 0.125. The van der Waals surface area contributed by atoms with Crippen molar-refractivity contribution in [3.8, 4) is 11.3 Å². The van der Waals surface area contributed by atoms with E-state index in [-0.39, 0.29) is 16.7 Å². The average molecular weight is 332 g/mol. The molecule has 2 aromatic carbocycles. The molecule has 0 unspecified atom stereocenters. The Morgan fingerprint density at radius 2 is 1.74 bits per heavy atom. The van der Waals surface area contributed by atoms with Crippen molar-refractivity contribution < 1.29 is 13.2 Å².